The van der Waals surface area contributed by atoms with Gasteiger partial charge in [0.05, 0.1) is 17.8 Å². The van der Waals surface area contributed by atoms with Crippen LogP contribution in [0.4, 0.5) is 5.69 Å². The lowest BCUT2D eigenvalue weighted by Gasteiger charge is -2.26. The summed E-state index contributed by atoms with van der Waals surface area (Å²) in [4.78, 5) is 42.5. The Morgan fingerprint density at radius 1 is 1.10 bits per heavy atom. The molecule has 1 saturated heterocycles. The molecule has 0 radical (unpaired) electrons. The second-order valence-corrected chi connectivity index (χ2v) is 7.51. The standard InChI is InChI=1S/C23H25N3O3/c1-2-13-24-21(27)17-9-4-3-8-16(17)15-26-19-11-6-5-10-18(19)22(28)25-14-7-12-20(25)23(26)29/h3-6,8-11,20H,2,7,12-15H2,1H3,(H,24,27)/t20-/m1/s1. The number of benzene rings is 2. The van der Waals surface area contributed by atoms with E-state index in [-0.39, 0.29) is 24.3 Å². The Kier molecular flexibility index (Phi) is 5.34. The fourth-order valence-corrected chi connectivity index (χ4v) is 4.16. The maximum Gasteiger partial charge on any atom is 0.256 e. The van der Waals surface area contributed by atoms with E-state index in [2.05, 4.69) is 5.32 Å². The van der Waals surface area contributed by atoms with E-state index < -0.39 is 6.04 Å². The van der Waals surface area contributed by atoms with E-state index in [1.165, 1.54) is 0 Å². The number of nitrogens with one attached hydrogen (secondary N) is 1. The van der Waals surface area contributed by atoms with Crippen molar-refractivity contribution in [2.75, 3.05) is 18.0 Å². The van der Waals surface area contributed by atoms with Gasteiger partial charge in [-0.15, -0.1) is 0 Å². The predicted molar refractivity (Wildman–Crippen MR) is 111 cm³/mol. The van der Waals surface area contributed by atoms with Gasteiger partial charge in [-0.2, -0.15) is 0 Å². The number of para-hydroxylation sites is 1. The minimum Gasteiger partial charge on any atom is -0.352 e. The van der Waals surface area contributed by atoms with Crippen molar-refractivity contribution in [3.63, 3.8) is 0 Å². The molecule has 2 aliphatic rings. The van der Waals surface area contributed by atoms with Crippen LogP contribution in [0.5, 0.6) is 0 Å². The SMILES string of the molecule is CCCNC(=O)c1ccccc1CN1C(=O)[C@H]2CCCN2C(=O)c2ccccc21. The first kappa shape index (κ1) is 19.2. The highest BCUT2D eigenvalue weighted by atomic mass is 16.2. The molecule has 0 spiro atoms. The van der Waals surface area contributed by atoms with Gasteiger partial charge < -0.3 is 15.1 Å². The number of carbonyl (C=O) groups excluding carboxylic acids is 3. The van der Waals surface area contributed by atoms with Gasteiger partial charge in [0.25, 0.3) is 11.8 Å². The van der Waals surface area contributed by atoms with Crippen LogP contribution in [0.2, 0.25) is 0 Å². The molecule has 6 nitrogen and oxygen atoms in total. The summed E-state index contributed by atoms with van der Waals surface area (Å²) in [5, 5.41) is 2.91. The average Bonchev–Trinajstić information content (AvgIpc) is 3.22. The van der Waals surface area contributed by atoms with Gasteiger partial charge in [0.1, 0.15) is 6.04 Å². The predicted octanol–water partition coefficient (Wildman–Crippen LogP) is 2.98. The molecule has 1 atom stereocenters. The molecule has 0 saturated carbocycles. The summed E-state index contributed by atoms with van der Waals surface area (Å²) >= 11 is 0. The van der Waals surface area contributed by atoms with Crippen molar-refractivity contribution in [2.24, 2.45) is 0 Å². The third kappa shape index (κ3) is 3.50. The Hall–Kier alpha value is -3.15. The van der Waals surface area contributed by atoms with Crippen LogP contribution in [-0.4, -0.2) is 41.8 Å². The number of anilines is 1. The molecule has 0 aliphatic carbocycles. The summed E-state index contributed by atoms with van der Waals surface area (Å²) in [5.41, 5.74) is 2.48. The van der Waals surface area contributed by atoms with Gasteiger partial charge in [-0.05, 0) is 43.0 Å². The second-order valence-electron chi connectivity index (χ2n) is 7.51. The van der Waals surface area contributed by atoms with E-state index in [4.69, 9.17) is 0 Å². The monoisotopic (exact) mass is 391 g/mol. The zero-order valence-corrected chi connectivity index (χ0v) is 16.6. The largest absolute Gasteiger partial charge is 0.352 e. The Morgan fingerprint density at radius 2 is 1.86 bits per heavy atom. The molecule has 2 heterocycles. The summed E-state index contributed by atoms with van der Waals surface area (Å²) in [5.74, 6) is -0.311. The molecule has 0 unspecified atom stereocenters. The van der Waals surface area contributed by atoms with E-state index in [1.807, 2.05) is 43.3 Å². The Morgan fingerprint density at radius 3 is 2.69 bits per heavy atom. The average molecular weight is 391 g/mol. The van der Waals surface area contributed by atoms with Gasteiger partial charge in [0, 0.05) is 18.7 Å². The van der Waals surface area contributed by atoms with Crippen molar-refractivity contribution in [1.29, 1.82) is 0 Å². The summed E-state index contributed by atoms with van der Waals surface area (Å²) in [6.45, 7) is 3.46. The number of nitrogens with zero attached hydrogens (tertiary/aromatic N) is 2. The molecule has 2 aromatic carbocycles. The number of carbonyl (C=O) groups is 3. The van der Waals surface area contributed by atoms with Gasteiger partial charge in [-0.25, -0.2) is 0 Å². The molecule has 0 aromatic heterocycles. The highest BCUT2D eigenvalue weighted by molar-refractivity contribution is 6.11. The molecule has 2 aromatic rings. The Bertz CT molecular complexity index is 956. The smallest absolute Gasteiger partial charge is 0.256 e. The first-order valence-electron chi connectivity index (χ1n) is 10.2. The molecule has 150 valence electrons. The Balaban J connectivity index is 1.73. The Labute approximate surface area is 170 Å². The minimum absolute atomic E-state index is 0.0791. The van der Waals surface area contributed by atoms with Crippen molar-refractivity contribution in [3.05, 3.63) is 65.2 Å². The molecule has 2 aliphatic heterocycles. The maximum atomic E-state index is 13.4. The van der Waals surface area contributed by atoms with Gasteiger partial charge in [-0.1, -0.05) is 37.3 Å². The molecule has 0 bridgehead atoms. The topological polar surface area (TPSA) is 69.7 Å². The van der Waals surface area contributed by atoms with Crippen LogP contribution in [0.15, 0.2) is 48.5 Å². The van der Waals surface area contributed by atoms with Gasteiger partial charge in [0.2, 0.25) is 5.91 Å². The zero-order valence-electron chi connectivity index (χ0n) is 16.6. The molecular weight excluding hydrogens is 366 g/mol. The van der Waals surface area contributed by atoms with Crippen molar-refractivity contribution >= 4 is 23.4 Å². The molecule has 4 rings (SSSR count). The van der Waals surface area contributed by atoms with E-state index >= 15 is 0 Å². The van der Waals surface area contributed by atoms with E-state index in [1.54, 1.807) is 21.9 Å². The summed E-state index contributed by atoms with van der Waals surface area (Å²) in [7, 11) is 0. The van der Waals surface area contributed by atoms with Crippen LogP contribution in [0, 0.1) is 0 Å². The lowest BCUT2D eigenvalue weighted by atomic mass is 10.0. The highest BCUT2D eigenvalue weighted by Gasteiger charge is 2.42. The number of rotatable bonds is 5. The molecule has 1 N–H and O–H groups in total. The fraction of sp³-hybridized carbons (Fsp3) is 0.348. The lowest BCUT2D eigenvalue weighted by molar-refractivity contribution is -0.122. The fourth-order valence-electron chi connectivity index (χ4n) is 4.16. The van der Waals surface area contributed by atoms with Crippen molar-refractivity contribution in [3.8, 4) is 0 Å². The minimum atomic E-state index is -0.434. The number of fused-ring (bicyclic) bond motifs is 2. The van der Waals surface area contributed by atoms with E-state index in [9.17, 15) is 14.4 Å². The van der Waals surface area contributed by atoms with Gasteiger partial charge in [0.15, 0.2) is 0 Å². The number of hydrogen-bond acceptors (Lipinski definition) is 3. The number of amides is 3. The van der Waals surface area contributed by atoms with E-state index in [0.29, 0.717) is 36.3 Å². The van der Waals surface area contributed by atoms with Crippen molar-refractivity contribution in [2.45, 2.75) is 38.8 Å². The first-order chi connectivity index (χ1) is 14.1. The molecule has 29 heavy (non-hydrogen) atoms. The summed E-state index contributed by atoms with van der Waals surface area (Å²) in [6, 6.07) is 14.2. The molecular formula is C23H25N3O3. The normalized spacial score (nSPS) is 18.3. The summed E-state index contributed by atoms with van der Waals surface area (Å²) < 4.78 is 0. The third-order valence-electron chi connectivity index (χ3n) is 5.62. The van der Waals surface area contributed by atoms with Crippen LogP contribution < -0.4 is 10.2 Å². The van der Waals surface area contributed by atoms with Crippen LogP contribution in [0.1, 0.15) is 52.5 Å². The van der Waals surface area contributed by atoms with Crippen molar-refractivity contribution in [1.82, 2.24) is 10.2 Å². The quantitative estimate of drug-likeness (QED) is 0.852. The first-order valence-corrected chi connectivity index (χ1v) is 10.2. The van der Waals surface area contributed by atoms with Crippen LogP contribution >= 0.6 is 0 Å². The van der Waals surface area contributed by atoms with Crippen LogP contribution in [0.3, 0.4) is 0 Å². The third-order valence-corrected chi connectivity index (χ3v) is 5.62. The molecule has 3 amide bonds. The molecule has 1 fully saturated rings. The summed E-state index contributed by atoms with van der Waals surface area (Å²) in [6.07, 6.45) is 2.35. The second kappa shape index (κ2) is 8.07. The van der Waals surface area contributed by atoms with Crippen molar-refractivity contribution < 1.29 is 14.4 Å². The van der Waals surface area contributed by atoms with Gasteiger partial charge >= 0.3 is 0 Å². The molecule has 6 heteroatoms. The zero-order chi connectivity index (χ0) is 20.4. The van der Waals surface area contributed by atoms with E-state index in [0.717, 1.165) is 18.4 Å². The highest BCUT2D eigenvalue weighted by Crippen LogP contribution is 2.33. The maximum absolute atomic E-state index is 13.4. The van der Waals surface area contributed by atoms with Crippen LogP contribution in [-0.2, 0) is 11.3 Å². The van der Waals surface area contributed by atoms with Gasteiger partial charge in [-0.3, -0.25) is 14.4 Å². The number of hydrogen-bond donors (Lipinski definition) is 1. The van der Waals surface area contributed by atoms with Crippen LogP contribution in [0.25, 0.3) is 0 Å². The lowest BCUT2D eigenvalue weighted by Crippen LogP contribution is -2.44.